The van der Waals surface area contributed by atoms with Gasteiger partial charge in [-0.3, -0.25) is 4.79 Å². The second-order valence-corrected chi connectivity index (χ2v) is 3.93. The maximum atomic E-state index is 12.1. The number of nitrogen functional groups attached to an aromatic ring is 1. The van der Waals surface area contributed by atoms with E-state index in [0.717, 1.165) is 5.69 Å². The third kappa shape index (κ3) is 1.55. The van der Waals surface area contributed by atoms with Crippen molar-refractivity contribution in [2.75, 3.05) is 5.73 Å². The minimum absolute atomic E-state index is 0.170. The lowest BCUT2D eigenvalue weighted by atomic mass is 10.1. The summed E-state index contributed by atoms with van der Waals surface area (Å²) >= 11 is 0. The van der Waals surface area contributed by atoms with Gasteiger partial charge in [-0.25, -0.2) is 9.50 Å². The van der Waals surface area contributed by atoms with Crippen molar-refractivity contribution in [1.29, 1.82) is 0 Å². The smallest absolute Gasteiger partial charge is 0.233 e. The lowest BCUT2D eigenvalue weighted by Crippen LogP contribution is -2.09. The van der Waals surface area contributed by atoms with Gasteiger partial charge in [0.15, 0.2) is 11.4 Å². The molecule has 3 rings (SSSR count). The van der Waals surface area contributed by atoms with Gasteiger partial charge >= 0.3 is 0 Å². The molecule has 0 unspecified atom stereocenters. The number of rotatable bonds is 2. The van der Waals surface area contributed by atoms with Crippen molar-refractivity contribution < 1.29 is 9.21 Å². The summed E-state index contributed by atoms with van der Waals surface area (Å²) in [6.07, 6.45) is 3.00. The molecule has 3 aromatic heterocycles. The molecular weight excluding hydrogens is 232 g/mol. The predicted molar refractivity (Wildman–Crippen MR) is 64.3 cm³/mol. The van der Waals surface area contributed by atoms with Crippen LogP contribution in [-0.4, -0.2) is 20.4 Å². The van der Waals surface area contributed by atoms with Gasteiger partial charge in [0.25, 0.3) is 0 Å². The summed E-state index contributed by atoms with van der Waals surface area (Å²) in [7, 11) is 0. The van der Waals surface area contributed by atoms with Gasteiger partial charge in [0.05, 0.1) is 17.5 Å². The molecule has 0 amide bonds. The highest BCUT2D eigenvalue weighted by molar-refractivity contribution is 6.09. The molecule has 90 valence electrons. The molecule has 0 saturated carbocycles. The zero-order chi connectivity index (χ0) is 12.7. The zero-order valence-electron chi connectivity index (χ0n) is 9.62. The molecule has 0 fully saturated rings. The maximum absolute atomic E-state index is 12.1. The summed E-state index contributed by atoms with van der Waals surface area (Å²) in [5.74, 6) is 0.0931. The number of anilines is 1. The molecule has 0 atom stereocenters. The van der Waals surface area contributed by atoms with E-state index < -0.39 is 0 Å². The van der Waals surface area contributed by atoms with Crippen molar-refractivity contribution in [2.24, 2.45) is 0 Å². The molecule has 0 spiro atoms. The van der Waals surface area contributed by atoms with Crippen LogP contribution in [0.5, 0.6) is 0 Å². The Balaban J connectivity index is 2.17. The Morgan fingerprint density at radius 1 is 1.50 bits per heavy atom. The second-order valence-electron chi connectivity index (χ2n) is 3.93. The number of furan rings is 1. The van der Waals surface area contributed by atoms with Crippen LogP contribution >= 0.6 is 0 Å². The summed E-state index contributed by atoms with van der Waals surface area (Å²) in [6, 6.07) is 5.02. The molecule has 0 aromatic carbocycles. The molecule has 0 radical (unpaired) electrons. The standard InChI is InChI=1S/C12H10N4O2/c1-7-5-10-14-12(13)8(6-16(10)15-7)11(17)9-3-2-4-18-9/h2-6H,1H3,(H2,13,14). The number of hydrogen-bond acceptors (Lipinski definition) is 5. The van der Waals surface area contributed by atoms with Crippen LogP contribution in [0.25, 0.3) is 5.65 Å². The average Bonchev–Trinajstić information content (AvgIpc) is 2.94. The summed E-state index contributed by atoms with van der Waals surface area (Å²) in [5.41, 5.74) is 7.49. The van der Waals surface area contributed by atoms with E-state index in [1.807, 2.05) is 6.92 Å². The third-order valence-electron chi connectivity index (χ3n) is 2.59. The van der Waals surface area contributed by atoms with Gasteiger partial charge in [0.1, 0.15) is 5.82 Å². The average molecular weight is 242 g/mol. The van der Waals surface area contributed by atoms with Crippen molar-refractivity contribution in [3.05, 3.63) is 47.7 Å². The highest BCUT2D eigenvalue weighted by Crippen LogP contribution is 2.16. The van der Waals surface area contributed by atoms with Gasteiger partial charge in [-0.05, 0) is 19.1 Å². The molecule has 0 saturated heterocycles. The van der Waals surface area contributed by atoms with Gasteiger partial charge in [-0.15, -0.1) is 0 Å². The number of ketones is 1. The maximum Gasteiger partial charge on any atom is 0.233 e. The fourth-order valence-electron chi connectivity index (χ4n) is 1.77. The van der Waals surface area contributed by atoms with E-state index in [4.69, 9.17) is 10.2 Å². The van der Waals surface area contributed by atoms with E-state index >= 15 is 0 Å². The monoisotopic (exact) mass is 242 g/mol. The molecule has 6 nitrogen and oxygen atoms in total. The minimum Gasteiger partial charge on any atom is -0.461 e. The zero-order valence-corrected chi connectivity index (χ0v) is 9.62. The fraction of sp³-hybridized carbons (Fsp3) is 0.0833. The first-order chi connectivity index (χ1) is 8.65. The molecule has 0 bridgehead atoms. The molecule has 3 heterocycles. The highest BCUT2D eigenvalue weighted by Gasteiger charge is 2.17. The SMILES string of the molecule is Cc1cc2nc(N)c(C(=O)c3ccco3)cn2n1. The predicted octanol–water partition coefficient (Wildman–Crippen LogP) is 1.44. The van der Waals surface area contributed by atoms with Gasteiger partial charge in [-0.1, -0.05) is 0 Å². The number of nitrogens with two attached hydrogens (primary N) is 1. The Bertz CT molecular complexity index is 728. The normalized spacial score (nSPS) is 10.9. The largest absolute Gasteiger partial charge is 0.461 e. The van der Waals surface area contributed by atoms with Crippen molar-refractivity contribution >= 4 is 17.2 Å². The van der Waals surface area contributed by atoms with E-state index in [1.54, 1.807) is 24.4 Å². The number of fused-ring (bicyclic) bond motifs is 1. The van der Waals surface area contributed by atoms with Crippen LogP contribution in [0.15, 0.2) is 35.1 Å². The third-order valence-corrected chi connectivity index (χ3v) is 2.59. The van der Waals surface area contributed by atoms with Crippen molar-refractivity contribution in [2.45, 2.75) is 6.92 Å². The number of aryl methyl sites for hydroxylation is 1. The van der Waals surface area contributed by atoms with E-state index in [9.17, 15) is 4.79 Å². The molecule has 2 N–H and O–H groups in total. The lowest BCUT2D eigenvalue weighted by Gasteiger charge is -2.02. The Hall–Kier alpha value is -2.63. The number of carbonyl (C=O) groups is 1. The van der Waals surface area contributed by atoms with Crippen LogP contribution in [-0.2, 0) is 0 Å². The molecular formula is C12H10N4O2. The van der Waals surface area contributed by atoms with Crippen LogP contribution in [0.3, 0.4) is 0 Å². The first-order valence-electron chi connectivity index (χ1n) is 5.36. The van der Waals surface area contributed by atoms with Crippen LogP contribution in [0.4, 0.5) is 5.82 Å². The first kappa shape index (κ1) is 10.5. The van der Waals surface area contributed by atoms with Gasteiger partial charge in [0.2, 0.25) is 5.78 Å². The summed E-state index contributed by atoms with van der Waals surface area (Å²) in [5, 5.41) is 4.19. The molecule has 3 aromatic rings. The van der Waals surface area contributed by atoms with Crippen LogP contribution in [0.1, 0.15) is 21.8 Å². The quantitative estimate of drug-likeness (QED) is 0.687. The van der Waals surface area contributed by atoms with E-state index in [1.165, 1.54) is 10.8 Å². The van der Waals surface area contributed by atoms with Crippen molar-refractivity contribution in [1.82, 2.24) is 14.6 Å². The number of nitrogens with zero attached hydrogens (tertiary/aromatic N) is 3. The number of carbonyl (C=O) groups excluding carboxylic acids is 1. The summed E-state index contributed by atoms with van der Waals surface area (Å²) in [4.78, 5) is 16.3. The van der Waals surface area contributed by atoms with E-state index in [-0.39, 0.29) is 22.9 Å². The van der Waals surface area contributed by atoms with Gasteiger partial charge in [0, 0.05) is 12.3 Å². The first-order valence-corrected chi connectivity index (χ1v) is 5.36. The topological polar surface area (TPSA) is 86.4 Å². The Labute approximate surface area is 102 Å². The molecule has 6 heteroatoms. The Morgan fingerprint density at radius 2 is 2.33 bits per heavy atom. The molecule has 18 heavy (non-hydrogen) atoms. The van der Waals surface area contributed by atoms with E-state index in [0.29, 0.717) is 5.65 Å². The van der Waals surface area contributed by atoms with E-state index in [2.05, 4.69) is 10.1 Å². The summed E-state index contributed by atoms with van der Waals surface area (Å²) in [6.45, 7) is 1.85. The van der Waals surface area contributed by atoms with Gasteiger partial charge in [-0.2, -0.15) is 5.10 Å². The van der Waals surface area contributed by atoms with Crippen LogP contribution < -0.4 is 5.73 Å². The van der Waals surface area contributed by atoms with Crippen LogP contribution in [0, 0.1) is 6.92 Å². The van der Waals surface area contributed by atoms with Gasteiger partial charge < -0.3 is 10.2 Å². The highest BCUT2D eigenvalue weighted by atomic mass is 16.3. The van der Waals surface area contributed by atoms with Crippen molar-refractivity contribution in [3.63, 3.8) is 0 Å². The minimum atomic E-state index is -0.306. The number of aromatic nitrogens is 3. The molecule has 0 aliphatic carbocycles. The summed E-state index contributed by atoms with van der Waals surface area (Å²) < 4.78 is 6.59. The molecule has 0 aliphatic heterocycles. The van der Waals surface area contributed by atoms with Crippen molar-refractivity contribution in [3.8, 4) is 0 Å². The lowest BCUT2D eigenvalue weighted by molar-refractivity contribution is 0.101. The second kappa shape index (κ2) is 3.69. The molecule has 0 aliphatic rings. The number of hydrogen-bond donors (Lipinski definition) is 1. The Kier molecular flexibility index (Phi) is 2.16. The Morgan fingerprint density at radius 3 is 3.06 bits per heavy atom. The fourth-order valence-corrected chi connectivity index (χ4v) is 1.77. The van der Waals surface area contributed by atoms with Crippen LogP contribution in [0.2, 0.25) is 0 Å².